The largest absolute Gasteiger partial charge is 0.416 e. The zero-order valence-corrected chi connectivity index (χ0v) is 11.7. The number of nitrogens with zero attached hydrogens (tertiary/aromatic N) is 1. The van der Waals surface area contributed by atoms with Crippen molar-refractivity contribution in [1.82, 2.24) is 4.90 Å². The first-order chi connectivity index (χ1) is 9.73. The lowest BCUT2D eigenvalue weighted by Gasteiger charge is -2.27. The molecule has 1 amide bonds. The normalized spacial score (nSPS) is 22.2. The Kier molecular flexibility index (Phi) is 3.98. The van der Waals surface area contributed by atoms with Crippen LogP contribution >= 0.6 is 0 Å². The summed E-state index contributed by atoms with van der Waals surface area (Å²) in [5.74, 6) is -0.162. The first-order valence-electron chi connectivity index (χ1n) is 6.60. The topological polar surface area (TPSA) is 32.3 Å². The minimum Gasteiger partial charge on any atom is -0.378 e. The minimum absolute atomic E-state index is 0.162. The van der Waals surface area contributed by atoms with Gasteiger partial charge in [0.2, 0.25) is 5.91 Å². The number of carbonyl (C=O) groups is 1. The van der Waals surface area contributed by atoms with Crippen LogP contribution in [0, 0.1) is 0 Å². The Hall–Kier alpha value is -1.98. The second-order valence-electron chi connectivity index (χ2n) is 5.48. The monoisotopic (exact) mass is 298 g/mol. The van der Waals surface area contributed by atoms with Crippen LogP contribution in [0.5, 0.6) is 0 Å². The third kappa shape index (κ3) is 3.56. The van der Waals surface area contributed by atoms with Crippen molar-refractivity contribution in [3.05, 3.63) is 42.5 Å². The van der Waals surface area contributed by atoms with Crippen LogP contribution in [0.15, 0.2) is 36.9 Å². The van der Waals surface area contributed by atoms with Crippen LogP contribution in [0.3, 0.4) is 0 Å². The third-order valence-corrected chi connectivity index (χ3v) is 3.60. The second-order valence-corrected chi connectivity index (χ2v) is 5.48. The van der Waals surface area contributed by atoms with Gasteiger partial charge in [-0.05, 0) is 37.6 Å². The maximum absolute atomic E-state index is 12.7. The van der Waals surface area contributed by atoms with Crippen molar-refractivity contribution >= 4 is 11.6 Å². The van der Waals surface area contributed by atoms with E-state index >= 15 is 0 Å². The summed E-state index contributed by atoms with van der Waals surface area (Å²) in [5, 5.41) is 3.11. The van der Waals surface area contributed by atoms with Gasteiger partial charge in [-0.1, -0.05) is 12.6 Å². The highest BCUT2D eigenvalue weighted by molar-refractivity contribution is 5.87. The summed E-state index contributed by atoms with van der Waals surface area (Å²) in [6, 6.07) is 5.09. The van der Waals surface area contributed by atoms with Crippen LogP contribution in [0.2, 0.25) is 0 Å². The molecule has 0 unspecified atom stereocenters. The summed E-state index contributed by atoms with van der Waals surface area (Å²) in [7, 11) is 0. The molecule has 1 atom stereocenters. The predicted molar refractivity (Wildman–Crippen MR) is 74.9 cm³/mol. The van der Waals surface area contributed by atoms with E-state index in [1.165, 1.54) is 12.1 Å². The number of nitrogens with one attached hydrogen (secondary N) is 1. The molecule has 114 valence electrons. The van der Waals surface area contributed by atoms with Gasteiger partial charge in [-0.2, -0.15) is 13.2 Å². The van der Waals surface area contributed by atoms with Gasteiger partial charge in [0.1, 0.15) is 0 Å². The Morgan fingerprint density at radius 1 is 1.48 bits per heavy atom. The fourth-order valence-electron chi connectivity index (χ4n) is 2.50. The molecule has 2 rings (SSSR count). The van der Waals surface area contributed by atoms with Gasteiger partial charge < -0.3 is 10.2 Å². The summed E-state index contributed by atoms with van der Waals surface area (Å²) in [5.41, 5.74) is -0.726. The molecule has 0 aromatic heterocycles. The Balaban J connectivity index is 2.12. The van der Waals surface area contributed by atoms with Crippen LogP contribution in [-0.2, 0) is 11.0 Å². The molecule has 0 saturated carbocycles. The standard InChI is InChI=1S/C15H17F3N2O/c1-3-13(21)20-8-7-14(2,10-20)19-12-6-4-5-11(9-12)15(16,17)18/h3-6,9,19H,1,7-8,10H2,2H3/t14-/m0/s1. The van der Waals surface area contributed by atoms with E-state index in [1.807, 2.05) is 6.92 Å². The fraction of sp³-hybridized carbons (Fsp3) is 0.400. The van der Waals surface area contributed by atoms with Gasteiger partial charge in [-0.25, -0.2) is 0 Å². The average Bonchev–Trinajstić information content (AvgIpc) is 2.79. The number of hydrogen-bond acceptors (Lipinski definition) is 2. The van der Waals surface area contributed by atoms with Crippen molar-refractivity contribution in [2.45, 2.75) is 25.1 Å². The lowest BCUT2D eigenvalue weighted by atomic mass is 10.0. The lowest BCUT2D eigenvalue weighted by Crippen LogP contribution is -2.39. The van der Waals surface area contributed by atoms with E-state index in [1.54, 1.807) is 11.0 Å². The maximum atomic E-state index is 12.7. The highest BCUT2D eigenvalue weighted by Gasteiger charge is 2.36. The molecule has 0 radical (unpaired) electrons. The van der Waals surface area contributed by atoms with Crippen molar-refractivity contribution in [3.8, 4) is 0 Å². The zero-order chi connectivity index (χ0) is 15.7. The van der Waals surface area contributed by atoms with Gasteiger partial charge in [0.05, 0.1) is 11.1 Å². The van der Waals surface area contributed by atoms with Crippen molar-refractivity contribution in [2.75, 3.05) is 18.4 Å². The third-order valence-electron chi connectivity index (χ3n) is 3.60. The molecule has 0 aliphatic carbocycles. The van der Waals surface area contributed by atoms with Crippen LogP contribution in [-0.4, -0.2) is 29.4 Å². The smallest absolute Gasteiger partial charge is 0.378 e. The molecule has 1 fully saturated rings. The van der Waals surface area contributed by atoms with Gasteiger partial charge in [0, 0.05) is 18.8 Å². The van der Waals surface area contributed by atoms with E-state index in [9.17, 15) is 18.0 Å². The van der Waals surface area contributed by atoms with E-state index in [4.69, 9.17) is 0 Å². The van der Waals surface area contributed by atoms with Gasteiger partial charge in [-0.3, -0.25) is 4.79 Å². The molecule has 1 heterocycles. The number of hydrogen-bond donors (Lipinski definition) is 1. The minimum atomic E-state index is -4.36. The van der Waals surface area contributed by atoms with E-state index in [-0.39, 0.29) is 5.91 Å². The molecule has 1 aliphatic heterocycles. The van der Waals surface area contributed by atoms with Crippen molar-refractivity contribution < 1.29 is 18.0 Å². The predicted octanol–water partition coefficient (Wildman–Crippen LogP) is 3.29. The van der Waals surface area contributed by atoms with Crippen LogP contribution in [0.1, 0.15) is 18.9 Å². The SMILES string of the molecule is C=CC(=O)N1CC[C@](C)(Nc2cccc(C(F)(F)F)c2)C1. The first kappa shape index (κ1) is 15.4. The van der Waals surface area contributed by atoms with Gasteiger partial charge in [-0.15, -0.1) is 0 Å². The van der Waals surface area contributed by atoms with E-state index in [0.717, 1.165) is 12.1 Å². The molecule has 0 bridgehead atoms. The first-order valence-corrected chi connectivity index (χ1v) is 6.60. The fourth-order valence-corrected chi connectivity index (χ4v) is 2.50. The lowest BCUT2D eigenvalue weighted by molar-refractivity contribution is -0.137. The molecule has 21 heavy (non-hydrogen) atoms. The quantitative estimate of drug-likeness (QED) is 0.868. The van der Waals surface area contributed by atoms with E-state index < -0.39 is 17.3 Å². The summed E-state index contributed by atoms with van der Waals surface area (Å²) in [4.78, 5) is 13.2. The number of halogens is 3. The number of likely N-dealkylation sites (tertiary alicyclic amines) is 1. The number of anilines is 1. The van der Waals surface area contributed by atoms with E-state index in [2.05, 4.69) is 11.9 Å². The highest BCUT2D eigenvalue weighted by Crippen LogP contribution is 2.32. The summed E-state index contributed by atoms with van der Waals surface area (Å²) in [6.07, 6.45) is -2.45. The Morgan fingerprint density at radius 3 is 2.81 bits per heavy atom. The Morgan fingerprint density at radius 2 is 2.19 bits per heavy atom. The Bertz CT molecular complexity index is 556. The molecule has 1 aromatic carbocycles. The van der Waals surface area contributed by atoms with Gasteiger partial charge in [0.15, 0.2) is 0 Å². The molecular formula is C15H17F3N2O. The number of rotatable bonds is 3. The summed E-state index contributed by atoms with van der Waals surface area (Å²) < 4.78 is 38.1. The number of alkyl halides is 3. The second kappa shape index (κ2) is 5.42. The van der Waals surface area contributed by atoms with E-state index in [0.29, 0.717) is 25.2 Å². The Labute approximate surface area is 121 Å². The van der Waals surface area contributed by atoms with Gasteiger partial charge >= 0.3 is 6.18 Å². The molecule has 1 aromatic rings. The van der Waals surface area contributed by atoms with Crippen LogP contribution < -0.4 is 5.32 Å². The van der Waals surface area contributed by atoms with Crippen LogP contribution in [0.4, 0.5) is 18.9 Å². The molecule has 1 aliphatic rings. The average molecular weight is 298 g/mol. The van der Waals surface area contributed by atoms with Crippen molar-refractivity contribution in [3.63, 3.8) is 0 Å². The molecule has 1 N–H and O–H groups in total. The van der Waals surface area contributed by atoms with Gasteiger partial charge in [0.25, 0.3) is 0 Å². The molecule has 1 saturated heterocycles. The molecule has 0 spiro atoms. The number of carbonyl (C=O) groups excluding carboxylic acids is 1. The van der Waals surface area contributed by atoms with Crippen LogP contribution in [0.25, 0.3) is 0 Å². The molecule has 6 heteroatoms. The highest BCUT2D eigenvalue weighted by atomic mass is 19.4. The summed E-state index contributed by atoms with van der Waals surface area (Å²) >= 11 is 0. The van der Waals surface area contributed by atoms with Crippen molar-refractivity contribution in [2.24, 2.45) is 0 Å². The molecule has 3 nitrogen and oxygen atoms in total. The van der Waals surface area contributed by atoms with Crippen molar-refractivity contribution in [1.29, 1.82) is 0 Å². The summed E-state index contributed by atoms with van der Waals surface area (Å²) in [6.45, 7) is 6.33. The number of amides is 1. The molecular weight excluding hydrogens is 281 g/mol. The zero-order valence-electron chi connectivity index (χ0n) is 11.7. The maximum Gasteiger partial charge on any atom is 0.416 e. The number of benzene rings is 1.